The first-order valence-electron chi connectivity index (χ1n) is 8.04. The maximum Gasteiger partial charge on any atom is 0.409 e. The lowest BCUT2D eigenvalue weighted by atomic mass is 9.86. The molecule has 1 fully saturated rings. The summed E-state index contributed by atoms with van der Waals surface area (Å²) in [6.07, 6.45) is 4.80. The summed E-state index contributed by atoms with van der Waals surface area (Å²) in [5.74, 6) is -0.159. The van der Waals surface area contributed by atoms with Crippen LogP contribution < -0.4 is 5.32 Å². The molecule has 0 aromatic heterocycles. The van der Waals surface area contributed by atoms with Crippen LogP contribution in [0.4, 0.5) is 9.18 Å². The fourth-order valence-corrected chi connectivity index (χ4v) is 3.59. The van der Waals surface area contributed by atoms with Crippen LogP contribution in [-0.2, 0) is 11.2 Å². The number of nitrogens with zero attached hydrogens (tertiary/aromatic N) is 1. The predicted octanol–water partition coefficient (Wildman–Crippen LogP) is 3.02. The van der Waals surface area contributed by atoms with E-state index in [1.807, 2.05) is 6.07 Å². The quantitative estimate of drug-likeness (QED) is 0.913. The molecule has 1 aliphatic carbocycles. The van der Waals surface area contributed by atoms with E-state index in [9.17, 15) is 9.18 Å². The number of ether oxygens (including phenoxy) is 1. The second kappa shape index (κ2) is 6.65. The number of hydrogen-bond donors (Lipinski definition) is 1. The Morgan fingerprint density at radius 1 is 1.32 bits per heavy atom. The van der Waals surface area contributed by atoms with Crippen molar-refractivity contribution >= 4 is 6.09 Å². The lowest BCUT2D eigenvalue weighted by Gasteiger charge is -2.35. The molecular weight excluding hydrogens is 283 g/mol. The number of hydrogen-bond acceptors (Lipinski definition) is 3. The first kappa shape index (κ1) is 15.3. The van der Waals surface area contributed by atoms with Gasteiger partial charge in [-0.25, -0.2) is 9.18 Å². The summed E-state index contributed by atoms with van der Waals surface area (Å²) in [5, 5.41) is 3.67. The third kappa shape index (κ3) is 3.24. The number of benzene rings is 1. The summed E-state index contributed by atoms with van der Waals surface area (Å²) in [6.45, 7) is 1.43. The molecule has 0 bridgehead atoms. The standard InChI is InChI=1S/C17H23FN2O2/c1-22-17(21)20-9-7-14(8-10-20)19-16-4-2-3-12-5-6-13(18)11-15(12)16/h5-6,11,14,16,19H,2-4,7-10H2,1H3/t16-/m0/s1. The summed E-state index contributed by atoms with van der Waals surface area (Å²) in [5.41, 5.74) is 2.37. The zero-order chi connectivity index (χ0) is 15.5. The molecule has 3 rings (SSSR count). The van der Waals surface area contributed by atoms with Gasteiger partial charge < -0.3 is 15.0 Å². The largest absolute Gasteiger partial charge is 0.453 e. The molecule has 1 heterocycles. The molecule has 1 aromatic rings. The number of carbonyl (C=O) groups is 1. The van der Waals surface area contributed by atoms with Crippen molar-refractivity contribution in [3.05, 3.63) is 35.1 Å². The van der Waals surface area contributed by atoms with E-state index in [-0.39, 0.29) is 18.0 Å². The van der Waals surface area contributed by atoms with Crippen molar-refractivity contribution in [2.24, 2.45) is 0 Å². The molecule has 0 unspecified atom stereocenters. The molecule has 1 aromatic carbocycles. The molecule has 1 atom stereocenters. The Hall–Kier alpha value is -1.62. The molecular formula is C17H23FN2O2. The Balaban J connectivity index is 1.61. The lowest BCUT2D eigenvalue weighted by molar-refractivity contribution is 0.108. The maximum atomic E-state index is 13.5. The number of piperidine rings is 1. The summed E-state index contributed by atoms with van der Waals surface area (Å²) in [7, 11) is 1.42. The van der Waals surface area contributed by atoms with E-state index in [1.165, 1.54) is 12.7 Å². The van der Waals surface area contributed by atoms with Gasteiger partial charge in [-0.3, -0.25) is 0 Å². The van der Waals surface area contributed by atoms with Gasteiger partial charge in [-0.05, 0) is 55.4 Å². The Labute approximate surface area is 130 Å². The molecule has 5 heteroatoms. The van der Waals surface area contributed by atoms with Gasteiger partial charge in [0.25, 0.3) is 0 Å². The van der Waals surface area contributed by atoms with Crippen molar-refractivity contribution < 1.29 is 13.9 Å². The van der Waals surface area contributed by atoms with Crippen LogP contribution in [0, 0.1) is 5.82 Å². The molecule has 1 aliphatic heterocycles. The predicted molar refractivity (Wildman–Crippen MR) is 82.2 cm³/mol. The van der Waals surface area contributed by atoms with Gasteiger partial charge in [-0.1, -0.05) is 6.07 Å². The van der Waals surface area contributed by atoms with Crippen molar-refractivity contribution in [1.29, 1.82) is 0 Å². The number of halogens is 1. The average molecular weight is 306 g/mol. The molecule has 1 amide bonds. The number of rotatable bonds is 2. The van der Waals surface area contributed by atoms with Crippen LogP contribution in [0.3, 0.4) is 0 Å². The van der Waals surface area contributed by atoms with Crippen LogP contribution in [0.15, 0.2) is 18.2 Å². The zero-order valence-electron chi connectivity index (χ0n) is 13.0. The molecule has 0 spiro atoms. The SMILES string of the molecule is COC(=O)N1CCC(N[C@H]2CCCc3ccc(F)cc32)CC1. The highest BCUT2D eigenvalue weighted by Crippen LogP contribution is 2.31. The molecule has 120 valence electrons. The van der Waals surface area contributed by atoms with Gasteiger partial charge >= 0.3 is 6.09 Å². The topological polar surface area (TPSA) is 41.6 Å². The number of nitrogens with one attached hydrogen (secondary N) is 1. The van der Waals surface area contributed by atoms with E-state index in [4.69, 9.17) is 4.74 Å². The van der Waals surface area contributed by atoms with E-state index in [0.29, 0.717) is 19.1 Å². The summed E-state index contributed by atoms with van der Waals surface area (Å²) >= 11 is 0. The van der Waals surface area contributed by atoms with E-state index in [2.05, 4.69) is 5.32 Å². The Morgan fingerprint density at radius 2 is 2.09 bits per heavy atom. The normalized spacial score (nSPS) is 22.3. The maximum absolute atomic E-state index is 13.5. The van der Waals surface area contributed by atoms with Crippen LogP contribution in [0.5, 0.6) is 0 Å². The van der Waals surface area contributed by atoms with Gasteiger partial charge in [0.05, 0.1) is 7.11 Å². The second-order valence-electron chi connectivity index (χ2n) is 6.19. The van der Waals surface area contributed by atoms with Gasteiger partial charge in [0, 0.05) is 25.2 Å². The average Bonchev–Trinajstić information content (AvgIpc) is 2.55. The molecule has 0 radical (unpaired) electrons. The van der Waals surface area contributed by atoms with E-state index < -0.39 is 0 Å². The molecule has 1 N–H and O–H groups in total. The monoisotopic (exact) mass is 306 g/mol. The fraction of sp³-hybridized carbons (Fsp3) is 0.588. The van der Waals surface area contributed by atoms with Crippen molar-refractivity contribution in [2.75, 3.05) is 20.2 Å². The molecule has 1 saturated heterocycles. The molecule has 22 heavy (non-hydrogen) atoms. The van der Waals surface area contributed by atoms with Crippen LogP contribution in [0.25, 0.3) is 0 Å². The molecule has 2 aliphatic rings. The smallest absolute Gasteiger partial charge is 0.409 e. The van der Waals surface area contributed by atoms with Gasteiger partial charge in [0.2, 0.25) is 0 Å². The zero-order valence-corrected chi connectivity index (χ0v) is 13.0. The molecule has 0 saturated carbocycles. The van der Waals surface area contributed by atoms with E-state index >= 15 is 0 Å². The summed E-state index contributed by atoms with van der Waals surface area (Å²) in [4.78, 5) is 13.2. The van der Waals surface area contributed by atoms with E-state index in [0.717, 1.165) is 37.7 Å². The van der Waals surface area contributed by atoms with E-state index in [1.54, 1.807) is 17.0 Å². The minimum atomic E-state index is -0.247. The third-order valence-electron chi connectivity index (χ3n) is 4.79. The fourth-order valence-electron chi connectivity index (χ4n) is 3.59. The second-order valence-corrected chi connectivity index (χ2v) is 6.19. The minimum Gasteiger partial charge on any atom is -0.453 e. The first-order chi connectivity index (χ1) is 10.7. The van der Waals surface area contributed by atoms with Crippen molar-refractivity contribution in [3.63, 3.8) is 0 Å². The van der Waals surface area contributed by atoms with Crippen molar-refractivity contribution in [1.82, 2.24) is 10.2 Å². The van der Waals surface area contributed by atoms with Gasteiger partial charge in [0.1, 0.15) is 5.82 Å². The Morgan fingerprint density at radius 3 is 2.82 bits per heavy atom. The Bertz CT molecular complexity index is 541. The number of aryl methyl sites for hydroxylation is 1. The van der Waals surface area contributed by atoms with Crippen LogP contribution >= 0.6 is 0 Å². The summed E-state index contributed by atoms with van der Waals surface area (Å²) in [6, 6.07) is 5.75. The number of likely N-dealkylation sites (tertiary alicyclic amines) is 1. The first-order valence-corrected chi connectivity index (χ1v) is 8.04. The van der Waals surface area contributed by atoms with Crippen molar-refractivity contribution in [2.45, 2.75) is 44.2 Å². The molecule has 4 nitrogen and oxygen atoms in total. The van der Waals surface area contributed by atoms with Gasteiger partial charge in [0.15, 0.2) is 0 Å². The summed E-state index contributed by atoms with van der Waals surface area (Å²) < 4.78 is 18.3. The van der Waals surface area contributed by atoms with Crippen LogP contribution in [0.2, 0.25) is 0 Å². The number of amides is 1. The van der Waals surface area contributed by atoms with Gasteiger partial charge in [-0.2, -0.15) is 0 Å². The highest BCUT2D eigenvalue weighted by molar-refractivity contribution is 5.67. The third-order valence-corrected chi connectivity index (χ3v) is 4.79. The number of fused-ring (bicyclic) bond motifs is 1. The minimum absolute atomic E-state index is 0.159. The van der Waals surface area contributed by atoms with Crippen LogP contribution in [-0.4, -0.2) is 37.2 Å². The highest BCUT2D eigenvalue weighted by atomic mass is 19.1. The lowest BCUT2D eigenvalue weighted by Crippen LogP contribution is -2.46. The van der Waals surface area contributed by atoms with Crippen molar-refractivity contribution in [3.8, 4) is 0 Å². The van der Waals surface area contributed by atoms with Crippen LogP contribution in [0.1, 0.15) is 42.9 Å². The number of carbonyl (C=O) groups excluding carboxylic acids is 1. The Kier molecular flexibility index (Phi) is 4.62. The van der Waals surface area contributed by atoms with Gasteiger partial charge in [-0.15, -0.1) is 0 Å². The highest BCUT2D eigenvalue weighted by Gasteiger charge is 2.27. The number of methoxy groups -OCH3 is 1.